The van der Waals surface area contributed by atoms with Crippen molar-refractivity contribution in [3.05, 3.63) is 23.8 Å². The van der Waals surface area contributed by atoms with Crippen molar-refractivity contribution in [2.75, 3.05) is 32.6 Å². The second-order valence-corrected chi connectivity index (χ2v) is 7.94. The second-order valence-electron chi connectivity index (χ2n) is 6.04. The number of amides is 2. The molecule has 0 fully saturated rings. The first-order valence-corrected chi connectivity index (χ1v) is 7.85. The number of rotatable bonds is 5. The molecule has 0 saturated carbocycles. The van der Waals surface area contributed by atoms with Crippen LogP contribution in [0.5, 0.6) is 0 Å². The van der Waals surface area contributed by atoms with E-state index in [1.54, 1.807) is 19.1 Å². The van der Waals surface area contributed by atoms with Gasteiger partial charge >= 0.3 is 6.03 Å². The number of thioether (sulfide) groups is 1. The van der Waals surface area contributed by atoms with Gasteiger partial charge in [-0.3, -0.25) is 0 Å². The van der Waals surface area contributed by atoms with Gasteiger partial charge in [0.1, 0.15) is 0 Å². The van der Waals surface area contributed by atoms with Crippen molar-refractivity contribution in [2.24, 2.45) is 0 Å². The number of anilines is 1. The molecule has 0 heterocycles. The zero-order valence-corrected chi connectivity index (χ0v) is 14.6. The van der Waals surface area contributed by atoms with Crippen molar-refractivity contribution in [2.45, 2.75) is 37.3 Å². The third-order valence-electron chi connectivity index (χ3n) is 2.84. The molecule has 0 aliphatic heterocycles. The average molecular weight is 310 g/mol. The highest BCUT2D eigenvalue weighted by atomic mass is 32.2. The summed E-state index contributed by atoms with van der Waals surface area (Å²) < 4.78 is 5.15. The molecule has 0 aliphatic rings. The fourth-order valence-electron chi connectivity index (χ4n) is 1.73. The molecule has 1 aromatic carbocycles. The van der Waals surface area contributed by atoms with Crippen LogP contribution in [0, 0.1) is 6.92 Å². The molecule has 118 valence electrons. The monoisotopic (exact) mass is 310 g/mol. The van der Waals surface area contributed by atoms with Crippen molar-refractivity contribution < 1.29 is 9.53 Å². The average Bonchev–Trinajstić information content (AvgIpc) is 2.37. The largest absolute Gasteiger partial charge is 0.383 e. The van der Waals surface area contributed by atoms with Crippen LogP contribution < -0.4 is 5.32 Å². The Kier molecular flexibility index (Phi) is 6.55. The number of carbonyl (C=O) groups is 1. The predicted molar refractivity (Wildman–Crippen MR) is 90.3 cm³/mol. The van der Waals surface area contributed by atoms with E-state index in [0.717, 1.165) is 11.3 Å². The predicted octanol–water partition coefficient (Wildman–Crippen LogP) is 4.00. The molecule has 0 aromatic heterocycles. The van der Waals surface area contributed by atoms with Gasteiger partial charge in [0.15, 0.2) is 0 Å². The first-order chi connectivity index (χ1) is 9.73. The van der Waals surface area contributed by atoms with Crippen LogP contribution in [0.15, 0.2) is 23.1 Å². The van der Waals surface area contributed by atoms with Crippen LogP contribution in [0.4, 0.5) is 10.5 Å². The van der Waals surface area contributed by atoms with Gasteiger partial charge in [0.25, 0.3) is 0 Å². The Balaban J connectivity index is 2.70. The van der Waals surface area contributed by atoms with Crippen LogP contribution in [0.3, 0.4) is 0 Å². The maximum absolute atomic E-state index is 12.0. The number of hydrogen-bond donors (Lipinski definition) is 1. The lowest BCUT2D eigenvalue weighted by atomic mass is 10.2. The van der Waals surface area contributed by atoms with Gasteiger partial charge < -0.3 is 15.0 Å². The number of urea groups is 1. The maximum Gasteiger partial charge on any atom is 0.321 e. The maximum atomic E-state index is 12.0. The number of carbonyl (C=O) groups excluding carboxylic acids is 1. The van der Waals surface area contributed by atoms with E-state index >= 15 is 0 Å². The quantitative estimate of drug-likeness (QED) is 0.836. The molecule has 0 atom stereocenters. The van der Waals surface area contributed by atoms with Crippen molar-refractivity contribution in [3.63, 3.8) is 0 Å². The van der Waals surface area contributed by atoms with Crippen LogP contribution in [0.2, 0.25) is 0 Å². The summed E-state index contributed by atoms with van der Waals surface area (Å²) in [5, 5.41) is 2.93. The molecule has 0 radical (unpaired) electrons. The topological polar surface area (TPSA) is 41.6 Å². The second kappa shape index (κ2) is 7.71. The lowest BCUT2D eigenvalue weighted by Crippen LogP contribution is -2.34. The SMILES string of the molecule is COCCN(C)C(=O)Nc1ccc(SC(C)(C)C)cc1C. The Morgan fingerprint density at radius 2 is 2.05 bits per heavy atom. The Bertz CT molecular complexity index is 484. The molecule has 1 rings (SSSR count). The molecule has 0 bridgehead atoms. The summed E-state index contributed by atoms with van der Waals surface area (Å²) in [5.74, 6) is 0. The third-order valence-corrected chi connectivity index (χ3v) is 3.94. The van der Waals surface area contributed by atoms with E-state index in [4.69, 9.17) is 4.74 Å². The van der Waals surface area contributed by atoms with Crippen LogP contribution in [-0.2, 0) is 4.74 Å². The molecular formula is C16H26N2O2S. The molecular weight excluding hydrogens is 284 g/mol. The van der Waals surface area contributed by atoms with Gasteiger partial charge in [-0.1, -0.05) is 20.8 Å². The number of methoxy groups -OCH3 is 1. The summed E-state index contributed by atoms with van der Waals surface area (Å²) in [4.78, 5) is 14.9. The summed E-state index contributed by atoms with van der Waals surface area (Å²) >= 11 is 1.82. The molecule has 0 spiro atoms. The number of nitrogens with one attached hydrogen (secondary N) is 1. The summed E-state index contributed by atoms with van der Waals surface area (Å²) in [6, 6.07) is 6.01. The zero-order valence-electron chi connectivity index (χ0n) is 13.8. The highest BCUT2D eigenvalue weighted by Gasteiger charge is 2.14. The molecule has 21 heavy (non-hydrogen) atoms. The van der Waals surface area contributed by atoms with E-state index in [-0.39, 0.29) is 10.8 Å². The van der Waals surface area contributed by atoms with Gasteiger partial charge in [-0.05, 0) is 30.7 Å². The molecule has 0 unspecified atom stereocenters. The van der Waals surface area contributed by atoms with E-state index < -0.39 is 0 Å². The van der Waals surface area contributed by atoms with Gasteiger partial charge in [-0.2, -0.15) is 0 Å². The molecule has 4 nitrogen and oxygen atoms in total. The first-order valence-electron chi connectivity index (χ1n) is 7.03. The summed E-state index contributed by atoms with van der Waals surface area (Å²) in [7, 11) is 3.38. The van der Waals surface area contributed by atoms with Gasteiger partial charge in [-0.25, -0.2) is 4.79 Å². The van der Waals surface area contributed by atoms with Gasteiger partial charge in [0, 0.05) is 36.0 Å². The van der Waals surface area contributed by atoms with Crippen LogP contribution in [-0.4, -0.2) is 43.0 Å². The Morgan fingerprint density at radius 1 is 1.38 bits per heavy atom. The lowest BCUT2D eigenvalue weighted by Gasteiger charge is -2.20. The van der Waals surface area contributed by atoms with Crippen molar-refractivity contribution in [3.8, 4) is 0 Å². The van der Waals surface area contributed by atoms with E-state index in [9.17, 15) is 4.79 Å². The fourth-order valence-corrected chi connectivity index (χ4v) is 2.81. The Morgan fingerprint density at radius 3 is 2.57 bits per heavy atom. The van der Waals surface area contributed by atoms with Gasteiger partial charge in [-0.15, -0.1) is 11.8 Å². The lowest BCUT2D eigenvalue weighted by molar-refractivity contribution is 0.165. The van der Waals surface area contributed by atoms with Crippen molar-refractivity contribution in [1.29, 1.82) is 0 Å². The highest BCUT2D eigenvalue weighted by Crippen LogP contribution is 2.33. The van der Waals surface area contributed by atoms with Crippen LogP contribution in [0.25, 0.3) is 0 Å². The van der Waals surface area contributed by atoms with Crippen LogP contribution >= 0.6 is 11.8 Å². The number of aryl methyl sites for hydroxylation is 1. The normalized spacial score (nSPS) is 11.3. The standard InChI is InChI=1S/C16H26N2O2S/c1-12-11-13(21-16(2,3)4)7-8-14(12)17-15(19)18(5)9-10-20-6/h7-8,11H,9-10H2,1-6H3,(H,17,19). The Labute approximate surface area is 132 Å². The summed E-state index contributed by atoms with van der Waals surface area (Å²) in [6.45, 7) is 9.68. The molecule has 1 N–H and O–H groups in total. The van der Waals surface area contributed by atoms with Crippen molar-refractivity contribution in [1.82, 2.24) is 4.90 Å². The van der Waals surface area contributed by atoms with E-state index in [1.165, 1.54) is 4.90 Å². The molecule has 5 heteroatoms. The third kappa shape index (κ3) is 6.40. The number of likely N-dealkylation sites (N-methyl/N-ethyl adjacent to an activating group) is 1. The summed E-state index contributed by atoms with van der Waals surface area (Å²) in [5.41, 5.74) is 1.92. The molecule has 1 aromatic rings. The van der Waals surface area contributed by atoms with Gasteiger partial charge in [0.05, 0.1) is 6.61 Å². The zero-order chi connectivity index (χ0) is 16.0. The van der Waals surface area contributed by atoms with Crippen molar-refractivity contribution >= 4 is 23.5 Å². The minimum absolute atomic E-state index is 0.119. The fraction of sp³-hybridized carbons (Fsp3) is 0.562. The van der Waals surface area contributed by atoms with E-state index in [2.05, 4.69) is 32.2 Å². The van der Waals surface area contributed by atoms with Crippen LogP contribution in [0.1, 0.15) is 26.3 Å². The van der Waals surface area contributed by atoms with E-state index in [1.807, 2.05) is 30.8 Å². The number of ether oxygens (including phenoxy) is 1. The first kappa shape index (κ1) is 17.9. The highest BCUT2D eigenvalue weighted by molar-refractivity contribution is 8.00. The smallest absolute Gasteiger partial charge is 0.321 e. The molecule has 2 amide bonds. The number of hydrogen-bond acceptors (Lipinski definition) is 3. The van der Waals surface area contributed by atoms with E-state index in [0.29, 0.717) is 13.2 Å². The van der Waals surface area contributed by atoms with Gasteiger partial charge in [0.2, 0.25) is 0 Å². The minimum Gasteiger partial charge on any atom is -0.383 e. The summed E-state index contributed by atoms with van der Waals surface area (Å²) in [6.07, 6.45) is 0. The number of nitrogens with zero attached hydrogens (tertiary/aromatic N) is 1. The minimum atomic E-state index is -0.119. The number of benzene rings is 1. The Hall–Kier alpha value is -1.20. The molecule has 0 saturated heterocycles. The molecule has 0 aliphatic carbocycles.